The van der Waals surface area contributed by atoms with E-state index < -0.39 is 52.6 Å². The Morgan fingerprint density at radius 1 is 0.778 bits per heavy atom. The van der Waals surface area contributed by atoms with E-state index in [2.05, 4.69) is 0 Å². The number of nitro groups is 3. The summed E-state index contributed by atoms with van der Waals surface area (Å²) in [4.78, 5) is 60.8. The van der Waals surface area contributed by atoms with E-state index >= 15 is 0 Å². The SMILES string of the molecule is CCC(=O)N1CN(C(=O)CC)[C@@H]2[C@H]1N([N+](=O)[O-])CN([N+](=O)[O-])CN2[N+](=O)[O-]. The van der Waals surface area contributed by atoms with Crippen LogP contribution in [0.5, 0.6) is 0 Å². The maximum absolute atomic E-state index is 12.3. The molecule has 2 heterocycles. The molecule has 0 N–H and O–H groups in total. The fourth-order valence-corrected chi connectivity index (χ4v) is 3.09. The highest BCUT2D eigenvalue weighted by Gasteiger charge is 2.60. The smallest absolute Gasteiger partial charge is 0.225 e. The Morgan fingerprint density at radius 3 is 1.41 bits per heavy atom. The van der Waals surface area contributed by atoms with Crippen molar-refractivity contribution in [3.63, 3.8) is 0 Å². The molecule has 2 fully saturated rings. The van der Waals surface area contributed by atoms with E-state index in [1.807, 2.05) is 0 Å². The number of nitrogens with zero attached hydrogens (tertiary/aromatic N) is 8. The number of carbonyl (C=O) groups excluding carboxylic acids is 2. The maximum Gasteiger partial charge on any atom is 0.225 e. The van der Waals surface area contributed by atoms with Crippen LogP contribution in [0.2, 0.25) is 0 Å². The Kier molecular flexibility index (Phi) is 5.46. The summed E-state index contributed by atoms with van der Waals surface area (Å²) in [6.07, 6.45) is -3.25. The van der Waals surface area contributed by atoms with Crippen molar-refractivity contribution in [2.75, 3.05) is 20.0 Å². The lowest BCUT2D eigenvalue weighted by Gasteiger charge is -2.29. The van der Waals surface area contributed by atoms with E-state index in [0.717, 1.165) is 9.80 Å². The number of rotatable bonds is 5. The molecule has 0 aromatic heterocycles. The molecule has 0 spiro atoms. The highest BCUT2D eigenvalue weighted by atomic mass is 16.7. The second kappa shape index (κ2) is 7.42. The van der Waals surface area contributed by atoms with Crippen molar-refractivity contribution in [2.24, 2.45) is 0 Å². The van der Waals surface area contributed by atoms with Crippen molar-refractivity contribution in [1.82, 2.24) is 24.8 Å². The van der Waals surface area contributed by atoms with Gasteiger partial charge in [0.1, 0.15) is 6.67 Å². The average Bonchev–Trinajstić information content (AvgIpc) is 2.89. The molecular formula is C11H18N8O8. The molecule has 0 radical (unpaired) electrons. The van der Waals surface area contributed by atoms with Gasteiger partial charge in [-0.3, -0.25) is 19.4 Å². The van der Waals surface area contributed by atoms with Crippen LogP contribution in [0.25, 0.3) is 0 Å². The molecule has 2 amide bonds. The van der Waals surface area contributed by atoms with Crippen LogP contribution in [-0.4, -0.2) is 84.1 Å². The van der Waals surface area contributed by atoms with Gasteiger partial charge in [0, 0.05) is 12.8 Å². The van der Waals surface area contributed by atoms with Gasteiger partial charge in [0.2, 0.25) is 37.5 Å². The topological polar surface area (TPSA) is 180 Å². The van der Waals surface area contributed by atoms with Gasteiger partial charge in [-0.15, -0.1) is 0 Å². The lowest BCUT2D eigenvalue weighted by molar-refractivity contribution is -0.729. The third-order valence-corrected chi connectivity index (χ3v) is 4.33. The van der Waals surface area contributed by atoms with Crippen LogP contribution in [0, 0.1) is 30.3 Å². The molecule has 2 aliphatic heterocycles. The molecule has 27 heavy (non-hydrogen) atoms. The van der Waals surface area contributed by atoms with Gasteiger partial charge in [0.25, 0.3) is 0 Å². The number of hydrogen-bond acceptors (Lipinski definition) is 8. The average molecular weight is 390 g/mol. The van der Waals surface area contributed by atoms with Crippen molar-refractivity contribution in [1.29, 1.82) is 0 Å². The van der Waals surface area contributed by atoms with Gasteiger partial charge in [0.05, 0.1) is 0 Å². The molecule has 0 saturated carbocycles. The molecule has 0 bridgehead atoms. The molecular weight excluding hydrogens is 372 g/mol. The van der Waals surface area contributed by atoms with Crippen LogP contribution in [0.1, 0.15) is 26.7 Å². The van der Waals surface area contributed by atoms with Crippen molar-refractivity contribution >= 4 is 11.8 Å². The van der Waals surface area contributed by atoms with Crippen LogP contribution < -0.4 is 0 Å². The number of fused-ring (bicyclic) bond motifs is 1. The fraction of sp³-hybridized carbons (Fsp3) is 0.818. The molecule has 0 aromatic carbocycles. The third kappa shape index (κ3) is 3.44. The summed E-state index contributed by atoms with van der Waals surface area (Å²) >= 11 is 0. The normalized spacial score (nSPS) is 22.4. The summed E-state index contributed by atoms with van der Waals surface area (Å²) in [5.41, 5.74) is 0. The Bertz CT molecular complexity index is 625. The lowest BCUT2D eigenvalue weighted by Crippen LogP contribution is -2.59. The van der Waals surface area contributed by atoms with Gasteiger partial charge in [-0.1, -0.05) is 28.9 Å². The zero-order valence-corrected chi connectivity index (χ0v) is 14.5. The molecule has 2 rings (SSSR count). The Balaban J connectivity index is 2.63. The maximum atomic E-state index is 12.3. The zero-order valence-electron chi connectivity index (χ0n) is 14.5. The highest BCUT2D eigenvalue weighted by Crippen LogP contribution is 2.30. The van der Waals surface area contributed by atoms with E-state index in [0.29, 0.717) is 10.0 Å². The second-order valence-corrected chi connectivity index (χ2v) is 5.78. The molecule has 2 saturated heterocycles. The molecule has 16 heteroatoms. The van der Waals surface area contributed by atoms with E-state index in [1.165, 1.54) is 13.8 Å². The number of hydrogen-bond donors (Lipinski definition) is 0. The molecule has 0 aliphatic carbocycles. The zero-order chi connectivity index (χ0) is 20.5. The first-order chi connectivity index (χ1) is 12.6. The third-order valence-electron chi connectivity index (χ3n) is 4.33. The van der Waals surface area contributed by atoms with Gasteiger partial charge < -0.3 is 0 Å². The minimum Gasteiger partial charge on any atom is -0.295 e. The number of carbonyl (C=O) groups is 2. The minimum absolute atomic E-state index is 0.0691. The first-order valence-electron chi connectivity index (χ1n) is 7.94. The van der Waals surface area contributed by atoms with Gasteiger partial charge >= 0.3 is 0 Å². The summed E-state index contributed by atoms with van der Waals surface area (Å²) in [6, 6.07) is 0. The Hall–Kier alpha value is -3.46. The van der Waals surface area contributed by atoms with Crippen LogP contribution >= 0.6 is 0 Å². The van der Waals surface area contributed by atoms with Crippen LogP contribution in [0.15, 0.2) is 0 Å². The molecule has 0 aromatic rings. The largest absolute Gasteiger partial charge is 0.295 e. The van der Waals surface area contributed by atoms with E-state index in [1.54, 1.807) is 0 Å². The molecule has 150 valence electrons. The van der Waals surface area contributed by atoms with Crippen LogP contribution in [0.4, 0.5) is 0 Å². The van der Waals surface area contributed by atoms with Crippen molar-refractivity contribution in [2.45, 2.75) is 39.0 Å². The number of hydrazine groups is 3. The molecule has 0 unspecified atom stereocenters. The molecule has 2 aliphatic rings. The van der Waals surface area contributed by atoms with E-state index in [4.69, 9.17) is 0 Å². The second-order valence-electron chi connectivity index (χ2n) is 5.78. The minimum atomic E-state index is -1.56. The molecule has 2 atom stereocenters. The summed E-state index contributed by atoms with van der Waals surface area (Å²) < 4.78 is 0. The van der Waals surface area contributed by atoms with E-state index in [-0.39, 0.29) is 24.5 Å². The quantitative estimate of drug-likeness (QED) is 0.393. The Labute approximate surface area is 151 Å². The van der Waals surface area contributed by atoms with Crippen LogP contribution in [0.3, 0.4) is 0 Å². The predicted octanol–water partition coefficient (Wildman–Crippen LogP) is -1.50. The fourth-order valence-electron chi connectivity index (χ4n) is 3.09. The molecule has 16 nitrogen and oxygen atoms in total. The monoisotopic (exact) mass is 390 g/mol. The van der Waals surface area contributed by atoms with Gasteiger partial charge in [0.15, 0.2) is 15.1 Å². The van der Waals surface area contributed by atoms with Gasteiger partial charge in [-0.05, 0) is 0 Å². The first-order valence-corrected chi connectivity index (χ1v) is 7.94. The van der Waals surface area contributed by atoms with Crippen LogP contribution in [-0.2, 0) is 9.59 Å². The summed E-state index contributed by atoms with van der Waals surface area (Å²) in [5, 5.41) is 32.3. The summed E-state index contributed by atoms with van der Waals surface area (Å²) in [5.74, 6) is -1.16. The van der Waals surface area contributed by atoms with Crippen molar-refractivity contribution < 1.29 is 24.7 Å². The lowest BCUT2D eigenvalue weighted by atomic mass is 10.3. The standard InChI is InChI=1S/C11H18N8O8/c1-3-8(20)13-7-14(9(21)4-2)11-10(13)15(18(24)25)5-12(17(22)23)6-16(11)19(26)27/h10-11H,3-7H2,1-2H3/t10-,11+. The summed E-state index contributed by atoms with van der Waals surface area (Å²) in [7, 11) is 0. The van der Waals surface area contributed by atoms with Crippen molar-refractivity contribution in [3.8, 4) is 0 Å². The predicted molar refractivity (Wildman–Crippen MR) is 83.0 cm³/mol. The van der Waals surface area contributed by atoms with Gasteiger partial charge in [-0.2, -0.15) is 0 Å². The van der Waals surface area contributed by atoms with E-state index in [9.17, 15) is 39.9 Å². The van der Waals surface area contributed by atoms with Gasteiger partial charge in [-0.25, -0.2) is 30.3 Å². The Morgan fingerprint density at radius 2 is 1.15 bits per heavy atom. The van der Waals surface area contributed by atoms with Crippen molar-refractivity contribution in [3.05, 3.63) is 30.3 Å². The summed E-state index contributed by atoms with van der Waals surface area (Å²) in [6.45, 7) is 0.773. The highest BCUT2D eigenvalue weighted by molar-refractivity contribution is 5.80. The number of amides is 2. The first kappa shape index (κ1) is 19.9.